The highest BCUT2D eigenvalue weighted by Crippen LogP contribution is 2.31. The third-order valence-corrected chi connectivity index (χ3v) is 7.45. The van der Waals surface area contributed by atoms with Gasteiger partial charge in [0.15, 0.2) is 15.6 Å². The summed E-state index contributed by atoms with van der Waals surface area (Å²) in [5.74, 6) is 2.33. The maximum Gasteiger partial charge on any atom is 0.234 e. The van der Waals surface area contributed by atoms with E-state index < -0.39 is 9.84 Å². The predicted molar refractivity (Wildman–Crippen MR) is 112 cm³/mol. The van der Waals surface area contributed by atoms with Crippen molar-refractivity contribution in [3.63, 3.8) is 0 Å². The summed E-state index contributed by atoms with van der Waals surface area (Å²) >= 11 is 1.38. The summed E-state index contributed by atoms with van der Waals surface area (Å²) in [5.41, 5.74) is 0.570. The smallest absolute Gasteiger partial charge is 0.234 e. The van der Waals surface area contributed by atoms with Gasteiger partial charge in [-0.05, 0) is 49.7 Å². The van der Waals surface area contributed by atoms with E-state index in [1.54, 1.807) is 24.3 Å². The fourth-order valence-electron chi connectivity index (χ4n) is 2.83. The fraction of sp³-hybridized carbons (Fsp3) is 0.350. The Morgan fingerprint density at radius 2 is 1.86 bits per heavy atom. The Hall–Kier alpha value is -2.19. The lowest BCUT2D eigenvalue weighted by Crippen LogP contribution is -2.17. The number of sulfone groups is 1. The molecule has 1 aliphatic heterocycles. The number of rotatable bonds is 8. The number of carbonyl (C=O) groups is 1. The molecule has 1 atom stereocenters. The van der Waals surface area contributed by atoms with Crippen molar-refractivity contribution in [2.75, 3.05) is 29.2 Å². The van der Waals surface area contributed by atoms with Gasteiger partial charge in [0.05, 0.1) is 29.6 Å². The number of para-hydroxylation sites is 2. The summed E-state index contributed by atoms with van der Waals surface area (Å²) in [6.45, 7) is 2.52. The zero-order chi connectivity index (χ0) is 20.0. The minimum absolute atomic E-state index is 0.00824. The number of anilines is 1. The van der Waals surface area contributed by atoms with Crippen LogP contribution in [0.1, 0.15) is 13.3 Å². The Bertz CT molecular complexity index is 912. The van der Waals surface area contributed by atoms with Crippen molar-refractivity contribution in [1.82, 2.24) is 0 Å². The van der Waals surface area contributed by atoms with E-state index in [-0.39, 0.29) is 28.4 Å². The van der Waals surface area contributed by atoms with Crippen LogP contribution in [0.4, 0.5) is 5.69 Å². The van der Waals surface area contributed by atoms with Crippen molar-refractivity contribution in [2.45, 2.75) is 18.6 Å². The van der Waals surface area contributed by atoms with Crippen molar-refractivity contribution < 1.29 is 22.7 Å². The topological polar surface area (TPSA) is 81.7 Å². The van der Waals surface area contributed by atoms with Crippen LogP contribution in [0, 0.1) is 0 Å². The molecule has 1 heterocycles. The highest BCUT2D eigenvalue weighted by Gasteiger charge is 2.28. The molecule has 0 spiro atoms. The quantitative estimate of drug-likeness (QED) is 0.699. The number of nitrogens with one attached hydrogen (secondary N) is 1. The lowest BCUT2D eigenvalue weighted by Gasteiger charge is -2.13. The molecule has 1 unspecified atom stereocenters. The van der Waals surface area contributed by atoms with Crippen molar-refractivity contribution in [3.8, 4) is 17.2 Å². The van der Waals surface area contributed by atoms with E-state index in [2.05, 4.69) is 5.32 Å². The molecular weight excluding hydrogens is 398 g/mol. The molecule has 1 amide bonds. The maximum atomic E-state index is 12.3. The molecule has 0 saturated carbocycles. The molecule has 0 bridgehead atoms. The van der Waals surface area contributed by atoms with Crippen LogP contribution in [0.25, 0.3) is 0 Å². The molecule has 28 heavy (non-hydrogen) atoms. The lowest BCUT2D eigenvalue weighted by atomic mass is 10.2. The van der Waals surface area contributed by atoms with Gasteiger partial charge in [0, 0.05) is 5.25 Å². The molecule has 2 aromatic carbocycles. The van der Waals surface area contributed by atoms with E-state index in [1.165, 1.54) is 11.8 Å². The van der Waals surface area contributed by atoms with Gasteiger partial charge in [-0.1, -0.05) is 12.1 Å². The summed E-state index contributed by atoms with van der Waals surface area (Å²) in [4.78, 5) is 12.3. The third kappa shape index (κ3) is 5.90. The van der Waals surface area contributed by atoms with Crippen molar-refractivity contribution in [1.29, 1.82) is 0 Å². The molecule has 3 rings (SSSR count). The molecule has 1 N–H and O–H groups in total. The van der Waals surface area contributed by atoms with Gasteiger partial charge < -0.3 is 14.8 Å². The SMILES string of the molecule is CCOc1ccc(Oc2ccccc2NC(=O)CSC2CCS(=O)(=O)C2)cc1. The molecule has 6 nitrogen and oxygen atoms in total. The van der Waals surface area contributed by atoms with E-state index in [0.717, 1.165) is 5.75 Å². The minimum Gasteiger partial charge on any atom is -0.494 e. The van der Waals surface area contributed by atoms with Gasteiger partial charge in [0.1, 0.15) is 11.5 Å². The van der Waals surface area contributed by atoms with E-state index in [4.69, 9.17) is 9.47 Å². The molecule has 1 saturated heterocycles. The van der Waals surface area contributed by atoms with Crippen molar-refractivity contribution in [3.05, 3.63) is 48.5 Å². The number of carbonyl (C=O) groups excluding carboxylic acids is 1. The van der Waals surface area contributed by atoms with Gasteiger partial charge >= 0.3 is 0 Å². The van der Waals surface area contributed by atoms with Crippen LogP contribution < -0.4 is 14.8 Å². The maximum absolute atomic E-state index is 12.3. The van der Waals surface area contributed by atoms with Crippen molar-refractivity contribution >= 4 is 33.2 Å². The predicted octanol–water partition coefficient (Wildman–Crippen LogP) is 3.74. The summed E-state index contributed by atoms with van der Waals surface area (Å²) < 4.78 is 34.3. The van der Waals surface area contributed by atoms with E-state index >= 15 is 0 Å². The second kappa shape index (κ2) is 9.34. The van der Waals surface area contributed by atoms with Gasteiger partial charge in [-0.25, -0.2) is 8.42 Å². The zero-order valence-corrected chi connectivity index (χ0v) is 17.2. The molecule has 2 aromatic rings. The van der Waals surface area contributed by atoms with Crippen LogP contribution in [0.5, 0.6) is 17.2 Å². The van der Waals surface area contributed by atoms with Gasteiger partial charge in [0.25, 0.3) is 0 Å². The average Bonchev–Trinajstić information content (AvgIpc) is 3.02. The van der Waals surface area contributed by atoms with Crippen LogP contribution in [0.2, 0.25) is 0 Å². The number of ether oxygens (including phenoxy) is 2. The molecule has 0 radical (unpaired) electrons. The number of benzene rings is 2. The summed E-state index contributed by atoms with van der Waals surface area (Å²) in [6.07, 6.45) is 0.609. The molecule has 1 fully saturated rings. The monoisotopic (exact) mass is 421 g/mol. The Balaban J connectivity index is 1.58. The van der Waals surface area contributed by atoms with E-state index in [1.807, 2.05) is 31.2 Å². The first-order valence-corrected chi connectivity index (χ1v) is 11.9. The summed E-state index contributed by atoms with van der Waals surface area (Å²) in [6, 6.07) is 14.5. The third-order valence-electron chi connectivity index (χ3n) is 4.16. The number of amides is 1. The van der Waals surface area contributed by atoms with Crippen LogP contribution in [0.3, 0.4) is 0 Å². The first-order chi connectivity index (χ1) is 13.4. The first kappa shape index (κ1) is 20.5. The zero-order valence-electron chi connectivity index (χ0n) is 15.6. The number of hydrogen-bond donors (Lipinski definition) is 1. The minimum atomic E-state index is -2.93. The van der Waals surface area contributed by atoms with Crippen LogP contribution in [0.15, 0.2) is 48.5 Å². The van der Waals surface area contributed by atoms with Gasteiger partial charge in [-0.2, -0.15) is 0 Å². The molecule has 150 valence electrons. The summed E-state index contributed by atoms with van der Waals surface area (Å²) in [7, 11) is -2.93. The van der Waals surface area contributed by atoms with Gasteiger partial charge in [-0.3, -0.25) is 4.79 Å². The second-order valence-electron chi connectivity index (χ2n) is 6.39. The summed E-state index contributed by atoms with van der Waals surface area (Å²) in [5, 5.41) is 2.84. The second-order valence-corrected chi connectivity index (χ2v) is 9.90. The Morgan fingerprint density at radius 1 is 1.14 bits per heavy atom. The van der Waals surface area contributed by atoms with Crippen molar-refractivity contribution in [2.24, 2.45) is 0 Å². The molecular formula is C20H23NO5S2. The first-order valence-electron chi connectivity index (χ1n) is 9.07. The van der Waals surface area contributed by atoms with Gasteiger partial charge in [-0.15, -0.1) is 11.8 Å². The Kier molecular flexibility index (Phi) is 6.85. The number of hydrogen-bond acceptors (Lipinski definition) is 6. The van der Waals surface area contributed by atoms with Crippen LogP contribution >= 0.6 is 11.8 Å². The molecule has 8 heteroatoms. The Morgan fingerprint density at radius 3 is 2.54 bits per heavy atom. The van der Waals surface area contributed by atoms with Crippen LogP contribution in [-0.2, 0) is 14.6 Å². The standard InChI is InChI=1S/C20H23NO5S2/c1-2-25-15-7-9-16(10-8-15)26-19-6-4-3-5-18(19)21-20(22)13-27-17-11-12-28(23,24)14-17/h3-10,17H,2,11-14H2,1H3,(H,21,22). The molecule has 1 aliphatic rings. The highest BCUT2D eigenvalue weighted by atomic mass is 32.2. The Labute approximate surface area is 169 Å². The average molecular weight is 422 g/mol. The molecule has 0 aromatic heterocycles. The highest BCUT2D eigenvalue weighted by molar-refractivity contribution is 8.02. The van der Waals surface area contributed by atoms with Crippen LogP contribution in [-0.4, -0.2) is 43.4 Å². The number of thioether (sulfide) groups is 1. The van der Waals surface area contributed by atoms with E-state index in [0.29, 0.717) is 30.2 Å². The lowest BCUT2D eigenvalue weighted by molar-refractivity contribution is -0.113. The normalized spacial score (nSPS) is 17.8. The largest absolute Gasteiger partial charge is 0.494 e. The fourth-order valence-corrected chi connectivity index (χ4v) is 6.27. The van der Waals surface area contributed by atoms with E-state index in [9.17, 15) is 13.2 Å². The van der Waals surface area contributed by atoms with Gasteiger partial charge in [0.2, 0.25) is 5.91 Å². The molecule has 0 aliphatic carbocycles.